The van der Waals surface area contributed by atoms with E-state index in [2.05, 4.69) is 20.8 Å². The van der Waals surface area contributed by atoms with Crippen LogP contribution in [0.25, 0.3) is 0 Å². The number of hydrogen-bond acceptors (Lipinski definition) is 4. The van der Waals surface area contributed by atoms with Crippen LogP contribution in [0.1, 0.15) is 70.4 Å². The van der Waals surface area contributed by atoms with Gasteiger partial charge in [0, 0.05) is 18.8 Å². The minimum atomic E-state index is -0.836. The van der Waals surface area contributed by atoms with Crippen molar-refractivity contribution in [3.8, 4) is 11.5 Å². The fourth-order valence-electron chi connectivity index (χ4n) is 6.57. The normalized spacial score (nSPS) is 33.8. The second kappa shape index (κ2) is 8.24. The summed E-state index contributed by atoms with van der Waals surface area (Å²) in [5.74, 6) is 1.01. The van der Waals surface area contributed by atoms with Crippen molar-refractivity contribution in [3.05, 3.63) is 23.3 Å². The van der Waals surface area contributed by atoms with Crippen LogP contribution < -0.4 is 4.74 Å². The van der Waals surface area contributed by atoms with E-state index >= 15 is 0 Å². The van der Waals surface area contributed by atoms with Crippen molar-refractivity contribution in [3.63, 3.8) is 0 Å². The minimum absolute atomic E-state index is 0.0425. The number of carboxylic acids is 1. The average molecular weight is 417 g/mol. The number of Topliss-reactive ketones (excluding diaryl/α,β-unsaturated/α-hetero) is 1. The van der Waals surface area contributed by atoms with E-state index in [9.17, 15) is 19.8 Å². The van der Waals surface area contributed by atoms with Gasteiger partial charge in [-0.1, -0.05) is 20.8 Å². The number of methoxy groups -OCH3 is 1. The first kappa shape index (κ1) is 22.6. The number of hydrogen-bond donors (Lipinski definition) is 2. The summed E-state index contributed by atoms with van der Waals surface area (Å²) < 4.78 is 5.44. The number of ether oxygens (including phenoxy) is 1. The lowest BCUT2D eigenvalue weighted by atomic mass is 9.44. The Balaban J connectivity index is 1.99. The molecule has 5 unspecified atom stereocenters. The number of aromatic hydroxyl groups is 1. The third-order valence-corrected chi connectivity index (χ3v) is 8.50. The number of rotatable bonds is 6. The first-order valence-corrected chi connectivity index (χ1v) is 11.1. The van der Waals surface area contributed by atoms with E-state index in [1.54, 1.807) is 7.11 Å². The van der Waals surface area contributed by atoms with Gasteiger partial charge >= 0.3 is 5.97 Å². The summed E-state index contributed by atoms with van der Waals surface area (Å²) in [6.07, 6.45) is 4.51. The van der Waals surface area contributed by atoms with E-state index in [-0.39, 0.29) is 29.0 Å². The molecule has 0 aromatic heterocycles. The Hall–Kier alpha value is -2.04. The topological polar surface area (TPSA) is 83.8 Å². The molecule has 2 aliphatic carbocycles. The maximum absolute atomic E-state index is 12.9. The number of benzene rings is 1. The molecule has 1 aromatic carbocycles. The number of phenolic OH excluding ortho intramolecular Hbond substituents is 1. The van der Waals surface area contributed by atoms with Crippen molar-refractivity contribution >= 4 is 11.8 Å². The number of fused-ring (bicyclic) bond motifs is 1. The summed E-state index contributed by atoms with van der Waals surface area (Å²) >= 11 is 0. The maximum atomic E-state index is 12.9. The first-order valence-electron chi connectivity index (χ1n) is 11.1. The molecule has 2 N–H and O–H groups in total. The SMILES string of the molecule is COc1cc(C)c(O)c(CC2(C)C(C)CCC3(C)C(CCC(=O)O)C(=O)CCC23)c1. The van der Waals surface area contributed by atoms with Gasteiger partial charge in [-0.05, 0) is 85.0 Å². The Morgan fingerprint density at radius 3 is 2.60 bits per heavy atom. The van der Waals surface area contributed by atoms with Gasteiger partial charge < -0.3 is 14.9 Å². The van der Waals surface area contributed by atoms with E-state index < -0.39 is 5.97 Å². The van der Waals surface area contributed by atoms with Gasteiger partial charge in [-0.25, -0.2) is 0 Å². The Labute approximate surface area is 179 Å². The van der Waals surface area contributed by atoms with Gasteiger partial charge in [0.05, 0.1) is 7.11 Å². The lowest BCUT2D eigenvalue weighted by Gasteiger charge is -2.60. The van der Waals surface area contributed by atoms with Gasteiger partial charge in [-0.3, -0.25) is 9.59 Å². The van der Waals surface area contributed by atoms with Crippen molar-refractivity contribution in [2.45, 2.75) is 72.6 Å². The standard InChI is InChI=1S/C25H36O5/c1-15-12-18(30-5)13-17(23(15)29)14-25(4)16(2)10-11-24(3)19(6-9-22(27)28)20(26)7-8-21(24)25/h12-13,16,19,21,29H,6-11,14H2,1-5H3,(H,27,28). The van der Waals surface area contributed by atoms with Crippen LogP contribution in [-0.2, 0) is 16.0 Å². The molecule has 0 amide bonds. The Morgan fingerprint density at radius 1 is 1.27 bits per heavy atom. The summed E-state index contributed by atoms with van der Waals surface area (Å²) in [4.78, 5) is 24.1. The molecular formula is C25H36O5. The van der Waals surface area contributed by atoms with Crippen LogP contribution in [0.2, 0.25) is 0 Å². The number of phenols is 1. The molecule has 0 saturated heterocycles. The van der Waals surface area contributed by atoms with Gasteiger partial charge in [0.1, 0.15) is 17.3 Å². The van der Waals surface area contributed by atoms with Crippen LogP contribution in [0.15, 0.2) is 12.1 Å². The van der Waals surface area contributed by atoms with Gasteiger partial charge in [-0.15, -0.1) is 0 Å². The third-order valence-electron chi connectivity index (χ3n) is 8.50. The molecule has 0 radical (unpaired) electrons. The van der Waals surface area contributed by atoms with E-state index in [4.69, 9.17) is 4.74 Å². The van der Waals surface area contributed by atoms with Gasteiger partial charge in [0.2, 0.25) is 0 Å². The Kier molecular flexibility index (Phi) is 6.22. The molecule has 2 saturated carbocycles. The number of carbonyl (C=O) groups excluding carboxylic acids is 1. The average Bonchev–Trinajstić information content (AvgIpc) is 2.68. The molecule has 0 aliphatic heterocycles. The zero-order chi connectivity index (χ0) is 22.3. The number of carboxylic acid groups (broad SMARTS) is 1. The predicted octanol–water partition coefficient (Wildman–Crippen LogP) is 5.15. The first-order chi connectivity index (χ1) is 14.0. The minimum Gasteiger partial charge on any atom is -0.507 e. The van der Waals surface area contributed by atoms with Crippen LogP contribution in [-0.4, -0.2) is 29.1 Å². The third kappa shape index (κ3) is 3.83. The highest BCUT2D eigenvalue weighted by molar-refractivity contribution is 5.83. The zero-order valence-electron chi connectivity index (χ0n) is 19.0. The molecule has 30 heavy (non-hydrogen) atoms. The molecular weight excluding hydrogens is 380 g/mol. The van der Waals surface area contributed by atoms with Gasteiger partial charge in [0.15, 0.2) is 0 Å². The fourth-order valence-corrected chi connectivity index (χ4v) is 6.57. The highest BCUT2D eigenvalue weighted by atomic mass is 16.5. The molecule has 0 spiro atoms. The lowest BCUT2D eigenvalue weighted by Crippen LogP contribution is -2.56. The summed E-state index contributed by atoms with van der Waals surface area (Å²) in [7, 11) is 1.64. The van der Waals surface area contributed by atoms with Crippen LogP contribution in [0.5, 0.6) is 11.5 Å². The predicted molar refractivity (Wildman–Crippen MR) is 116 cm³/mol. The van der Waals surface area contributed by atoms with E-state index in [0.29, 0.717) is 30.4 Å². The van der Waals surface area contributed by atoms with Crippen molar-refractivity contribution in [2.75, 3.05) is 7.11 Å². The van der Waals surface area contributed by atoms with Gasteiger partial charge in [0.25, 0.3) is 0 Å². The highest BCUT2D eigenvalue weighted by Gasteiger charge is 2.58. The Morgan fingerprint density at radius 2 is 1.97 bits per heavy atom. The maximum Gasteiger partial charge on any atom is 0.303 e. The summed E-state index contributed by atoms with van der Waals surface area (Å²) in [5.41, 5.74) is 1.41. The molecule has 166 valence electrons. The summed E-state index contributed by atoms with van der Waals surface area (Å²) in [6.45, 7) is 8.69. The van der Waals surface area contributed by atoms with Crippen LogP contribution in [0, 0.1) is 35.5 Å². The largest absolute Gasteiger partial charge is 0.507 e. The number of aryl methyl sites for hydroxylation is 1. The lowest BCUT2D eigenvalue weighted by molar-refractivity contribution is -0.152. The molecule has 2 aliphatic rings. The molecule has 1 aromatic rings. The molecule has 5 nitrogen and oxygen atoms in total. The molecule has 0 heterocycles. The second-order valence-electron chi connectivity index (χ2n) is 10.1. The quantitative estimate of drug-likeness (QED) is 0.670. The van der Waals surface area contributed by atoms with Crippen LogP contribution in [0.3, 0.4) is 0 Å². The van der Waals surface area contributed by atoms with E-state index in [1.807, 2.05) is 19.1 Å². The molecule has 2 fully saturated rings. The smallest absolute Gasteiger partial charge is 0.303 e. The molecule has 3 rings (SSSR count). The highest BCUT2D eigenvalue weighted by Crippen LogP contribution is 2.63. The van der Waals surface area contributed by atoms with Crippen LogP contribution >= 0.6 is 0 Å². The van der Waals surface area contributed by atoms with Gasteiger partial charge in [-0.2, -0.15) is 0 Å². The molecule has 0 bridgehead atoms. The molecule has 5 atom stereocenters. The van der Waals surface area contributed by atoms with Crippen molar-refractivity contribution < 1.29 is 24.5 Å². The van der Waals surface area contributed by atoms with E-state index in [1.165, 1.54) is 0 Å². The van der Waals surface area contributed by atoms with Crippen LogP contribution in [0.4, 0.5) is 0 Å². The monoisotopic (exact) mass is 416 g/mol. The van der Waals surface area contributed by atoms with E-state index in [0.717, 1.165) is 42.6 Å². The Bertz CT molecular complexity index is 831. The number of ketones is 1. The molecule has 5 heteroatoms. The fraction of sp³-hybridized carbons (Fsp3) is 0.680. The van der Waals surface area contributed by atoms with Crippen molar-refractivity contribution in [2.24, 2.45) is 28.6 Å². The summed E-state index contributed by atoms with van der Waals surface area (Å²) in [6, 6.07) is 3.78. The summed E-state index contributed by atoms with van der Waals surface area (Å²) in [5, 5.41) is 20.0. The second-order valence-corrected chi connectivity index (χ2v) is 10.1. The zero-order valence-corrected chi connectivity index (χ0v) is 19.0. The number of aliphatic carboxylic acids is 1. The van der Waals surface area contributed by atoms with Crippen molar-refractivity contribution in [1.82, 2.24) is 0 Å². The van der Waals surface area contributed by atoms with Crippen molar-refractivity contribution in [1.29, 1.82) is 0 Å². The number of carbonyl (C=O) groups is 2.